The van der Waals surface area contributed by atoms with E-state index in [4.69, 9.17) is 16.7 Å². The van der Waals surface area contributed by atoms with Crippen LogP contribution >= 0.6 is 27.5 Å². The van der Waals surface area contributed by atoms with E-state index in [0.717, 1.165) is 6.07 Å². The van der Waals surface area contributed by atoms with Gasteiger partial charge in [-0.05, 0) is 17.7 Å². The molecule has 0 aromatic heterocycles. The van der Waals surface area contributed by atoms with E-state index in [2.05, 4.69) is 15.9 Å². The van der Waals surface area contributed by atoms with E-state index < -0.39 is 11.8 Å². The molecule has 0 atom stereocenters. The van der Waals surface area contributed by atoms with Crippen molar-refractivity contribution in [3.8, 4) is 0 Å². The van der Waals surface area contributed by atoms with Crippen molar-refractivity contribution < 1.29 is 14.3 Å². The lowest BCUT2D eigenvalue weighted by Gasteiger charge is -2.02. The lowest BCUT2D eigenvalue weighted by Crippen LogP contribution is -2.00. The third-order valence-electron chi connectivity index (χ3n) is 1.51. The average molecular weight is 267 g/mol. The fraction of sp³-hybridized carbons (Fsp3) is 0.125. The van der Waals surface area contributed by atoms with Crippen LogP contribution in [0.5, 0.6) is 0 Å². The first-order valence-electron chi connectivity index (χ1n) is 3.33. The molecule has 0 saturated carbocycles. The average Bonchev–Trinajstić information content (AvgIpc) is 2.07. The van der Waals surface area contributed by atoms with Crippen LogP contribution in [0.4, 0.5) is 4.39 Å². The fourth-order valence-corrected chi connectivity index (χ4v) is 1.55. The van der Waals surface area contributed by atoms with Gasteiger partial charge in [0.15, 0.2) is 0 Å². The Labute approximate surface area is 87.5 Å². The molecule has 0 radical (unpaired) electrons. The van der Waals surface area contributed by atoms with Crippen molar-refractivity contribution in [2.45, 2.75) is 5.33 Å². The highest BCUT2D eigenvalue weighted by Gasteiger charge is 2.12. The van der Waals surface area contributed by atoms with Crippen molar-refractivity contribution in [2.75, 3.05) is 0 Å². The molecule has 0 aliphatic rings. The minimum Gasteiger partial charge on any atom is -0.478 e. The van der Waals surface area contributed by atoms with Gasteiger partial charge in [-0.15, -0.1) is 0 Å². The Kier molecular flexibility index (Phi) is 3.27. The summed E-state index contributed by atoms with van der Waals surface area (Å²) in [4.78, 5) is 10.5. The van der Waals surface area contributed by atoms with Gasteiger partial charge in [-0.3, -0.25) is 0 Å². The molecule has 13 heavy (non-hydrogen) atoms. The third-order valence-corrected chi connectivity index (χ3v) is 2.43. The molecule has 0 spiro atoms. The highest BCUT2D eigenvalue weighted by atomic mass is 79.9. The summed E-state index contributed by atoms with van der Waals surface area (Å²) in [6.45, 7) is 0. The van der Waals surface area contributed by atoms with Gasteiger partial charge in [0.1, 0.15) is 5.82 Å². The Morgan fingerprint density at radius 2 is 2.23 bits per heavy atom. The topological polar surface area (TPSA) is 37.3 Å². The second-order valence-electron chi connectivity index (χ2n) is 2.36. The van der Waals surface area contributed by atoms with E-state index in [-0.39, 0.29) is 10.6 Å². The molecule has 1 aromatic rings. The van der Waals surface area contributed by atoms with Crippen LogP contribution in [0.25, 0.3) is 0 Å². The summed E-state index contributed by atoms with van der Waals surface area (Å²) in [5, 5.41) is 8.94. The summed E-state index contributed by atoms with van der Waals surface area (Å²) < 4.78 is 13.0. The zero-order valence-electron chi connectivity index (χ0n) is 6.35. The lowest BCUT2D eigenvalue weighted by atomic mass is 10.1. The predicted octanol–water partition coefficient (Wildman–Crippen LogP) is 3.07. The highest BCUT2D eigenvalue weighted by Crippen LogP contribution is 2.22. The van der Waals surface area contributed by atoms with Crippen LogP contribution in [0.1, 0.15) is 15.9 Å². The van der Waals surface area contributed by atoms with Crippen LogP contribution in [0.2, 0.25) is 5.02 Å². The van der Waals surface area contributed by atoms with E-state index >= 15 is 0 Å². The van der Waals surface area contributed by atoms with E-state index in [1.54, 1.807) is 0 Å². The van der Waals surface area contributed by atoms with Gasteiger partial charge >= 0.3 is 5.97 Å². The molecule has 0 saturated heterocycles. The second-order valence-corrected chi connectivity index (χ2v) is 3.33. The first-order valence-corrected chi connectivity index (χ1v) is 4.83. The molecule has 0 aliphatic heterocycles. The quantitative estimate of drug-likeness (QED) is 0.836. The van der Waals surface area contributed by atoms with E-state index in [0.29, 0.717) is 10.9 Å². The minimum atomic E-state index is -1.23. The SMILES string of the molecule is O=C(O)c1cc(F)c(CBr)cc1Cl. The van der Waals surface area contributed by atoms with Crippen LogP contribution in [0.15, 0.2) is 12.1 Å². The zero-order chi connectivity index (χ0) is 10.0. The normalized spacial score (nSPS) is 10.1. The van der Waals surface area contributed by atoms with Gasteiger partial charge in [-0.2, -0.15) is 0 Å². The monoisotopic (exact) mass is 266 g/mol. The number of benzene rings is 1. The Balaban J connectivity index is 3.28. The van der Waals surface area contributed by atoms with E-state index in [1.165, 1.54) is 6.07 Å². The number of hydrogen-bond donors (Lipinski definition) is 1. The molecule has 2 nitrogen and oxygen atoms in total. The minimum absolute atomic E-state index is 0.0448. The molecule has 0 bridgehead atoms. The van der Waals surface area contributed by atoms with Gasteiger partial charge in [0, 0.05) is 5.33 Å². The summed E-state index contributed by atoms with van der Waals surface area (Å²) in [6, 6.07) is 2.22. The Hall–Kier alpha value is -0.610. The number of carbonyl (C=O) groups is 1. The van der Waals surface area contributed by atoms with Gasteiger partial charge in [0.25, 0.3) is 0 Å². The van der Waals surface area contributed by atoms with Crippen LogP contribution in [0.3, 0.4) is 0 Å². The maximum absolute atomic E-state index is 13.0. The van der Waals surface area contributed by atoms with Crippen molar-refractivity contribution in [1.82, 2.24) is 0 Å². The van der Waals surface area contributed by atoms with Crippen LogP contribution in [-0.2, 0) is 5.33 Å². The Morgan fingerprint density at radius 3 is 2.69 bits per heavy atom. The van der Waals surface area contributed by atoms with Crippen molar-refractivity contribution in [3.63, 3.8) is 0 Å². The molecular weight excluding hydrogens is 262 g/mol. The number of carboxylic acids is 1. The predicted molar refractivity (Wildman–Crippen MR) is 51.0 cm³/mol. The molecule has 0 aliphatic carbocycles. The van der Waals surface area contributed by atoms with Crippen molar-refractivity contribution >= 4 is 33.5 Å². The maximum Gasteiger partial charge on any atom is 0.337 e. The molecule has 0 unspecified atom stereocenters. The molecule has 0 fully saturated rings. The molecular formula is C8H5BrClFO2. The number of carboxylic acid groups (broad SMARTS) is 1. The number of aromatic carboxylic acids is 1. The molecule has 70 valence electrons. The molecule has 0 heterocycles. The number of rotatable bonds is 2. The summed E-state index contributed by atoms with van der Waals surface area (Å²) in [5.41, 5.74) is 0.124. The lowest BCUT2D eigenvalue weighted by molar-refractivity contribution is 0.0696. The van der Waals surface area contributed by atoms with Crippen molar-refractivity contribution in [2.24, 2.45) is 0 Å². The number of alkyl halides is 1. The Morgan fingerprint density at radius 1 is 1.62 bits per heavy atom. The first kappa shape index (κ1) is 10.5. The van der Waals surface area contributed by atoms with Crippen LogP contribution in [0, 0.1) is 5.82 Å². The first-order chi connectivity index (χ1) is 6.06. The van der Waals surface area contributed by atoms with Gasteiger partial charge in [-0.25, -0.2) is 9.18 Å². The second kappa shape index (κ2) is 4.07. The molecule has 5 heteroatoms. The van der Waals surface area contributed by atoms with Crippen molar-refractivity contribution in [1.29, 1.82) is 0 Å². The van der Waals surface area contributed by atoms with Gasteiger partial charge < -0.3 is 5.11 Å². The Bertz CT molecular complexity index is 354. The van der Waals surface area contributed by atoms with Gasteiger partial charge in [0.2, 0.25) is 0 Å². The van der Waals surface area contributed by atoms with Crippen LogP contribution < -0.4 is 0 Å². The highest BCUT2D eigenvalue weighted by molar-refractivity contribution is 9.08. The number of halogens is 3. The van der Waals surface area contributed by atoms with E-state index in [1.807, 2.05) is 0 Å². The molecule has 0 amide bonds. The summed E-state index contributed by atoms with van der Waals surface area (Å²) in [5.74, 6) is -1.80. The molecule has 1 rings (SSSR count). The summed E-state index contributed by atoms with van der Waals surface area (Å²) in [6.07, 6.45) is 0. The third kappa shape index (κ3) is 2.19. The van der Waals surface area contributed by atoms with Gasteiger partial charge in [0.05, 0.1) is 10.6 Å². The molecule has 1 aromatic carbocycles. The van der Waals surface area contributed by atoms with Crippen LogP contribution in [-0.4, -0.2) is 11.1 Å². The van der Waals surface area contributed by atoms with E-state index in [9.17, 15) is 9.18 Å². The summed E-state index contributed by atoms with van der Waals surface area (Å²) >= 11 is 8.66. The number of hydrogen-bond acceptors (Lipinski definition) is 1. The maximum atomic E-state index is 13.0. The van der Waals surface area contributed by atoms with Gasteiger partial charge in [-0.1, -0.05) is 27.5 Å². The zero-order valence-corrected chi connectivity index (χ0v) is 8.69. The standard InChI is InChI=1S/C8H5BrClFO2/c9-3-4-1-6(10)5(8(12)13)2-7(4)11/h1-2H,3H2,(H,12,13). The largest absolute Gasteiger partial charge is 0.478 e. The van der Waals surface area contributed by atoms with Crippen molar-refractivity contribution in [3.05, 3.63) is 34.1 Å². The smallest absolute Gasteiger partial charge is 0.337 e. The fourth-order valence-electron chi connectivity index (χ4n) is 0.854. The molecule has 1 N–H and O–H groups in total. The summed E-state index contributed by atoms with van der Waals surface area (Å²) in [7, 11) is 0.